The number of piperazine rings is 1. The first-order valence-electron chi connectivity index (χ1n) is 6.63. The van der Waals surface area contributed by atoms with Gasteiger partial charge in [-0.25, -0.2) is 0 Å². The zero-order valence-electron chi connectivity index (χ0n) is 12.0. The van der Waals surface area contributed by atoms with Crippen molar-refractivity contribution in [2.24, 2.45) is 0 Å². The Morgan fingerprint density at radius 2 is 2.11 bits per heavy atom. The number of carbonyl (C=O) groups is 1. The minimum absolute atomic E-state index is 0.100. The minimum Gasteiger partial charge on any atom is -0.389 e. The normalized spacial score (nSPS) is 21.9. The molecular formula is C13H26N2O3. The zero-order chi connectivity index (χ0) is 13.8. The van der Waals surface area contributed by atoms with Crippen LogP contribution in [-0.2, 0) is 9.53 Å². The second kappa shape index (κ2) is 6.50. The van der Waals surface area contributed by atoms with Gasteiger partial charge >= 0.3 is 0 Å². The Balaban J connectivity index is 2.50. The summed E-state index contributed by atoms with van der Waals surface area (Å²) in [7, 11) is 0. The highest BCUT2D eigenvalue weighted by Gasteiger charge is 2.35. The van der Waals surface area contributed by atoms with Crippen LogP contribution in [0.5, 0.6) is 0 Å². The summed E-state index contributed by atoms with van der Waals surface area (Å²) in [4.78, 5) is 15.5. The Bertz CT molecular complexity index is 281. The van der Waals surface area contributed by atoms with Crippen molar-refractivity contribution in [3.05, 3.63) is 0 Å². The Kier molecular flexibility index (Phi) is 5.56. The molecule has 1 amide bonds. The molecule has 1 atom stereocenters. The van der Waals surface area contributed by atoms with Crippen LogP contribution in [0, 0.1) is 0 Å². The molecule has 0 spiro atoms. The summed E-state index contributed by atoms with van der Waals surface area (Å²) in [5, 5.41) is 9.89. The third kappa shape index (κ3) is 4.23. The molecule has 0 saturated carbocycles. The molecular weight excluding hydrogens is 232 g/mol. The first kappa shape index (κ1) is 15.4. The Hall–Kier alpha value is -0.650. The number of amides is 1. The molecule has 0 aromatic heterocycles. The van der Waals surface area contributed by atoms with E-state index in [1.165, 1.54) is 0 Å². The van der Waals surface area contributed by atoms with Gasteiger partial charge in [0.1, 0.15) is 0 Å². The van der Waals surface area contributed by atoms with Crippen molar-refractivity contribution in [2.45, 2.75) is 39.3 Å². The van der Waals surface area contributed by atoms with E-state index in [0.29, 0.717) is 26.3 Å². The average molecular weight is 258 g/mol. The van der Waals surface area contributed by atoms with E-state index in [2.05, 4.69) is 18.7 Å². The van der Waals surface area contributed by atoms with E-state index in [4.69, 9.17) is 4.74 Å². The molecule has 5 nitrogen and oxygen atoms in total. The quantitative estimate of drug-likeness (QED) is 0.772. The number of aliphatic hydroxyl groups excluding tert-OH is 1. The van der Waals surface area contributed by atoms with Crippen molar-refractivity contribution >= 4 is 5.91 Å². The van der Waals surface area contributed by atoms with Crippen LogP contribution in [-0.4, -0.2) is 71.8 Å². The highest BCUT2D eigenvalue weighted by molar-refractivity contribution is 5.73. The van der Waals surface area contributed by atoms with Gasteiger partial charge < -0.3 is 14.7 Å². The highest BCUT2D eigenvalue weighted by Crippen LogP contribution is 2.21. The lowest BCUT2D eigenvalue weighted by Gasteiger charge is -2.47. The van der Waals surface area contributed by atoms with E-state index in [0.717, 1.165) is 13.1 Å². The fourth-order valence-electron chi connectivity index (χ4n) is 2.36. The van der Waals surface area contributed by atoms with Gasteiger partial charge in [-0.15, -0.1) is 0 Å². The number of hydrogen-bond donors (Lipinski definition) is 1. The van der Waals surface area contributed by atoms with E-state index in [-0.39, 0.29) is 11.4 Å². The fourth-order valence-corrected chi connectivity index (χ4v) is 2.36. The predicted octanol–water partition coefficient (Wildman–Crippen LogP) is 0.327. The number of hydrogen-bond acceptors (Lipinski definition) is 4. The Morgan fingerprint density at radius 3 is 2.61 bits per heavy atom. The second-order valence-corrected chi connectivity index (χ2v) is 5.51. The molecule has 1 heterocycles. The molecule has 0 radical (unpaired) electrons. The summed E-state index contributed by atoms with van der Waals surface area (Å²) >= 11 is 0. The maximum atomic E-state index is 11.4. The van der Waals surface area contributed by atoms with Crippen LogP contribution in [0.3, 0.4) is 0 Å². The smallest absolute Gasteiger partial charge is 0.219 e. The first-order valence-corrected chi connectivity index (χ1v) is 6.63. The topological polar surface area (TPSA) is 53.0 Å². The van der Waals surface area contributed by atoms with Gasteiger partial charge in [-0.2, -0.15) is 0 Å². The molecule has 1 N–H and O–H groups in total. The van der Waals surface area contributed by atoms with Gasteiger partial charge in [-0.3, -0.25) is 9.69 Å². The molecule has 0 bridgehead atoms. The number of carbonyl (C=O) groups excluding carboxylic acids is 1. The molecule has 1 saturated heterocycles. The molecule has 1 rings (SSSR count). The molecule has 1 fully saturated rings. The third-order valence-electron chi connectivity index (χ3n) is 3.46. The van der Waals surface area contributed by atoms with Gasteiger partial charge in [0, 0.05) is 45.2 Å². The lowest BCUT2D eigenvalue weighted by molar-refractivity contribution is -0.134. The summed E-state index contributed by atoms with van der Waals surface area (Å²) in [6.45, 7) is 11.6. The van der Waals surface area contributed by atoms with Crippen molar-refractivity contribution in [1.82, 2.24) is 9.80 Å². The van der Waals surface area contributed by atoms with Crippen LogP contribution < -0.4 is 0 Å². The number of nitrogens with zero attached hydrogens (tertiary/aromatic N) is 2. The van der Waals surface area contributed by atoms with Crippen molar-refractivity contribution in [1.29, 1.82) is 0 Å². The second-order valence-electron chi connectivity index (χ2n) is 5.51. The number of ether oxygens (including phenoxy) is 1. The van der Waals surface area contributed by atoms with E-state index in [9.17, 15) is 9.90 Å². The number of β-amino-alcohol motifs (C(OH)–C–C–N with tert-alkyl or cyclic N) is 1. The molecule has 0 aromatic carbocycles. The molecule has 1 aliphatic heterocycles. The van der Waals surface area contributed by atoms with Crippen molar-refractivity contribution < 1.29 is 14.6 Å². The molecule has 0 aromatic rings. The van der Waals surface area contributed by atoms with E-state index < -0.39 is 6.10 Å². The zero-order valence-corrected chi connectivity index (χ0v) is 12.0. The van der Waals surface area contributed by atoms with E-state index in [1.54, 1.807) is 6.92 Å². The van der Waals surface area contributed by atoms with Crippen LogP contribution in [0.25, 0.3) is 0 Å². The van der Waals surface area contributed by atoms with E-state index in [1.807, 2.05) is 11.8 Å². The number of aliphatic hydroxyl groups is 1. The summed E-state index contributed by atoms with van der Waals surface area (Å²) < 4.78 is 5.22. The Labute approximate surface area is 110 Å². The molecule has 0 unspecified atom stereocenters. The largest absolute Gasteiger partial charge is 0.389 e. The molecule has 18 heavy (non-hydrogen) atoms. The summed E-state index contributed by atoms with van der Waals surface area (Å²) in [5.41, 5.74) is -0.100. The fraction of sp³-hybridized carbons (Fsp3) is 0.923. The van der Waals surface area contributed by atoms with Gasteiger partial charge in [0.2, 0.25) is 5.91 Å². The van der Waals surface area contributed by atoms with Crippen LogP contribution >= 0.6 is 0 Å². The minimum atomic E-state index is -0.465. The predicted molar refractivity (Wildman–Crippen MR) is 70.4 cm³/mol. The summed E-state index contributed by atoms with van der Waals surface area (Å²) in [6.07, 6.45) is -0.465. The highest BCUT2D eigenvalue weighted by atomic mass is 16.5. The SMILES string of the molecule is CCOC[C@@H](O)CN1CCN(C(C)=O)CC1(C)C. The number of rotatable bonds is 5. The third-order valence-corrected chi connectivity index (χ3v) is 3.46. The van der Waals surface area contributed by atoms with Gasteiger partial charge in [-0.1, -0.05) is 0 Å². The van der Waals surface area contributed by atoms with Crippen molar-refractivity contribution in [3.63, 3.8) is 0 Å². The van der Waals surface area contributed by atoms with E-state index >= 15 is 0 Å². The van der Waals surface area contributed by atoms with Crippen molar-refractivity contribution in [2.75, 3.05) is 39.4 Å². The maximum absolute atomic E-state index is 11.4. The van der Waals surface area contributed by atoms with Crippen molar-refractivity contribution in [3.8, 4) is 0 Å². The molecule has 1 aliphatic rings. The van der Waals surface area contributed by atoms with Gasteiger partial charge in [0.25, 0.3) is 0 Å². The standard InChI is InChI=1S/C13H26N2O3/c1-5-18-9-12(17)8-15-7-6-14(11(2)16)10-13(15,3)4/h12,17H,5-10H2,1-4H3/t12-/m0/s1. The summed E-state index contributed by atoms with van der Waals surface area (Å²) in [5.74, 6) is 0.123. The molecule has 5 heteroatoms. The average Bonchev–Trinajstić information content (AvgIpc) is 2.28. The monoisotopic (exact) mass is 258 g/mol. The van der Waals surface area contributed by atoms with Crippen LogP contribution in [0.15, 0.2) is 0 Å². The first-order chi connectivity index (χ1) is 8.36. The lowest BCUT2D eigenvalue weighted by Crippen LogP contribution is -2.61. The van der Waals surface area contributed by atoms with Crippen LogP contribution in [0.4, 0.5) is 0 Å². The van der Waals surface area contributed by atoms with Gasteiger partial charge in [0.15, 0.2) is 0 Å². The van der Waals surface area contributed by atoms with Gasteiger partial charge in [0.05, 0.1) is 12.7 Å². The maximum Gasteiger partial charge on any atom is 0.219 e. The van der Waals surface area contributed by atoms with Gasteiger partial charge in [-0.05, 0) is 20.8 Å². The lowest BCUT2D eigenvalue weighted by atomic mass is 9.98. The van der Waals surface area contributed by atoms with Crippen LogP contribution in [0.2, 0.25) is 0 Å². The molecule has 0 aliphatic carbocycles. The molecule has 106 valence electrons. The van der Waals surface area contributed by atoms with Crippen LogP contribution in [0.1, 0.15) is 27.7 Å². The summed E-state index contributed by atoms with van der Waals surface area (Å²) in [6, 6.07) is 0. The Morgan fingerprint density at radius 1 is 1.44 bits per heavy atom.